The Balaban J connectivity index is 2.67. The van der Waals surface area contributed by atoms with Gasteiger partial charge in [0, 0.05) is 18.4 Å². The van der Waals surface area contributed by atoms with Crippen LogP contribution in [0.15, 0.2) is 29.3 Å². The van der Waals surface area contributed by atoms with Crippen LogP contribution in [-0.4, -0.2) is 40.8 Å². The van der Waals surface area contributed by atoms with Crippen molar-refractivity contribution in [3.63, 3.8) is 0 Å². The highest BCUT2D eigenvalue weighted by atomic mass is 16.3. The number of aliphatic hydroxyl groups excluding tert-OH is 2. The molecule has 0 aliphatic carbocycles. The van der Waals surface area contributed by atoms with Crippen LogP contribution in [0.5, 0.6) is 5.75 Å². The van der Waals surface area contributed by atoms with E-state index in [0.29, 0.717) is 12.0 Å². The summed E-state index contributed by atoms with van der Waals surface area (Å²) in [5, 5.41) is 27.0. The lowest BCUT2D eigenvalue weighted by Gasteiger charge is -2.06. The van der Waals surface area contributed by atoms with Gasteiger partial charge in [-0.1, -0.05) is 12.1 Å². The van der Waals surface area contributed by atoms with Gasteiger partial charge in [-0.05, 0) is 18.6 Å². The van der Waals surface area contributed by atoms with E-state index in [1.54, 1.807) is 24.3 Å². The predicted octanol–water partition coefficient (Wildman–Crippen LogP) is 0.554. The van der Waals surface area contributed by atoms with Gasteiger partial charge in [0.1, 0.15) is 5.75 Å². The molecule has 0 aliphatic heterocycles. The summed E-state index contributed by atoms with van der Waals surface area (Å²) in [7, 11) is 0. The van der Waals surface area contributed by atoms with Crippen molar-refractivity contribution >= 4 is 6.21 Å². The van der Waals surface area contributed by atoms with Crippen molar-refractivity contribution in [2.75, 3.05) is 13.2 Å². The van der Waals surface area contributed by atoms with Crippen molar-refractivity contribution in [2.45, 2.75) is 12.5 Å². The van der Waals surface area contributed by atoms with Gasteiger partial charge in [0.15, 0.2) is 0 Å². The second kappa shape index (κ2) is 6.16. The molecule has 4 nitrogen and oxygen atoms in total. The molecule has 3 N–H and O–H groups in total. The van der Waals surface area contributed by atoms with Crippen LogP contribution in [0.3, 0.4) is 0 Å². The molecular weight excluding hydrogens is 194 g/mol. The van der Waals surface area contributed by atoms with Gasteiger partial charge in [0.05, 0.1) is 12.6 Å². The molecule has 1 aromatic rings. The molecule has 0 fully saturated rings. The minimum Gasteiger partial charge on any atom is -0.507 e. The Bertz CT molecular complexity index is 325. The van der Waals surface area contributed by atoms with E-state index in [0.717, 1.165) is 0 Å². The highest BCUT2D eigenvalue weighted by Gasteiger charge is 2.03. The number of para-hydroxylation sites is 1. The maximum absolute atomic E-state index is 9.42. The topological polar surface area (TPSA) is 73.0 Å². The summed E-state index contributed by atoms with van der Waals surface area (Å²) < 4.78 is 0. The van der Waals surface area contributed by atoms with Crippen LogP contribution < -0.4 is 0 Å². The third-order valence-electron chi connectivity index (χ3n) is 2.03. The molecule has 4 heteroatoms. The summed E-state index contributed by atoms with van der Waals surface area (Å²) in [6.07, 6.45) is 1.92. The molecule has 0 amide bonds. The summed E-state index contributed by atoms with van der Waals surface area (Å²) in [5.41, 5.74) is 0.605. The molecular formula is C11H15NO3. The fourth-order valence-electron chi connectivity index (χ4n) is 1.14. The minimum atomic E-state index is -0.311. The molecule has 0 aliphatic rings. The van der Waals surface area contributed by atoms with Crippen LogP contribution >= 0.6 is 0 Å². The minimum absolute atomic E-state index is 0.0106. The van der Waals surface area contributed by atoms with Crippen molar-refractivity contribution < 1.29 is 15.3 Å². The Labute approximate surface area is 88.5 Å². The van der Waals surface area contributed by atoms with Gasteiger partial charge in [-0.15, -0.1) is 0 Å². The number of phenolic OH excluding ortho intramolecular Hbond substituents is 1. The van der Waals surface area contributed by atoms with Crippen molar-refractivity contribution in [1.82, 2.24) is 0 Å². The first-order valence-corrected chi connectivity index (χ1v) is 4.80. The van der Waals surface area contributed by atoms with Gasteiger partial charge in [0.2, 0.25) is 0 Å². The normalized spacial score (nSPS) is 13.2. The van der Waals surface area contributed by atoms with Crippen LogP contribution in [-0.2, 0) is 0 Å². The number of hydrogen-bond donors (Lipinski definition) is 3. The summed E-state index contributed by atoms with van der Waals surface area (Å²) in [6, 6.07) is 6.51. The molecule has 15 heavy (non-hydrogen) atoms. The van der Waals surface area contributed by atoms with Crippen molar-refractivity contribution in [2.24, 2.45) is 4.99 Å². The number of benzene rings is 1. The van der Waals surface area contributed by atoms with Gasteiger partial charge in [-0.3, -0.25) is 4.99 Å². The van der Waals surface area contributed by atoms with Crippen molar-refractivity contribution in [3.05, 3.63) is 29.8 Å². The average molecular weight is 209 g/mol. The molecule has 0 saturated heterocycles. The van der Waals surface area contributed by atoms with Gasteiger partial charge in [0.25, 0.3) is 0 Å². The summed E-state index contributed by atoms with van der Waals surface area (Å²) >= 11 is 0. The predicted molar refractivity (Wildman–Crippen MR) is 58.3 cm³/mol. The van der Waals surface area contributed by atoms with E-state index in [1.165, 1.54) is 6.21 Å². The zero-order valence-corrected chi connectivity index (χ0v) is 8.37. The van der Waals surface area contributed by atoms with Crippen LogP contribution in [0, 0.1) is 0 Å². The first-order chi connectivity index (χ1) is 7.27. The standard InChI is InChI=1S/C11H15NO3/c13-6-5-10(8-14)12-7-9-3-1-2-4-11(9)15/h1-4,7,10,13-15H,5-6,8H2/t10-/m0/s1. The second-order valence-electron chi connectivity index (χ2n) is 3.19. The number of hydrogen-bond acceptors (Lipinski definition) is 4. The largest absolute Gasteiger partial charge is 0.507 e. The first kappa shape index (κ1) is 11.7. The smallest absolute Gasteiger partial charge is 0.124 e. The van der Waals surface area contributed by atoms with Crippen LogP contribution in [0.4, 0.5) is 0 Å². The molecule has 82 valence electrons. The number of aromatic hydroxyl groups is 1. The fraction of sp³-hybridized carbons (Fsp3) is 0.364. The van der Waals surface area contributed by atoms with E-state index in [-0.39, 0.29) is 25.0 Å². The van der Waals surface area contributed by atoms with Crippen LogP contribution in [0.25, 0.3) is 0 Å². The molecule has 1 rings (SSSR count). The zero-order chi connectivity index (χ0) is 11.1. The summed E-state index contributed by atoms with van der Waals surface area (Å²) in [4.78, 5) is 4.07. The van der Waals surface area contributed by atoms with Crippen molar-refractivity contribution in [1.29, 1.82) is 0 Å². The SMILES string of the molecule is OCC[C@@H](CO)N=Cc1ccccc1O. The van der Waals surface area contributed by atoms with E-state index in [4.69, 9.17) is 10.2 Å². The number of nitrogens with zero attached hydrogens (tertiary/aromatic N) is 1. The van der Waals surface area contributed by atoms with Gasteiger partial charge >= 0.3 is 0 Å². The molecule has 0 heterocycles. The average Bonchev–Trinajstić information content (AvgIpc) is 2.26. The molecule has 0 saturated carbocycles. The zero-order valence-electron chi connectivity index (χ0n) is 8.37. The molecule has 0 bridgehead atoms. The number of rotatable bonds is 5. The Hall–Kier alpha value is -1.39. The Morgan fingerprint density at radius 3 is 2.60 bits per heavy atom. The second-order valence-corrected chi connectivity index (χ2v) is 3.19. The van der Waals surface area contributed by atoms with E-state index in [9.17, 15) is 5.11 Å². The van der Waals surface area contributed by atoms with Gasteiger partial charge in [-0.25, -0.2) is 0 Å². The number of phenols is 1. The summed E-state index contributed by atoms with van der Waals surface area (Å²) in [5.74, 6) is 0.155. The van der Waals surface area contributed by atoms with Crippen LogP contribution in [0.2, 0.25) is 0 Å². The Kier molecular flexibility index (Phi) is 4.80. The monoisotopic (exact) mass is 209 g/mol. The third-order valence-corrected chi connectivity index (χ3v) is 2.03. The number of aliphatic hydroxyl groups is 2. The maximum Gasteiger partial charge on any atom is 0.124 e. The lowest BCUT2D eigenvalue weighted by atomic mass is 10.2. The lowest BCUT2D eigenvalue weighted by molar-refractivity contribution is 0.222. The van der Waals surface area contributed by atoms with Crippen molar-refractivity contribution in [3.8, 4) is 5.75 Å². The maximum atomic E-state index is 9.42. The molecule has 0 aromatic heterocycles. The van der Waals surface area contributed by atoms with E-state index >= 15 is 0 Å². The van der Waals surface area contributed by atoms with Crippen LogP contribution in [0.1, 0.15) is 12.0 Å². The Morgan fingerprint density at radius 1 is 1.27 bits per heavy atom. The molecule has 0 unspecified atom stereocenters. The Morgan fingerprint density at radius 2 is 2.00 bits per heavy atom. The van der Waals surface area contributed by atoms with E-state index in [2.05, 4.69) is 4.99 Å². The molecule has 1 atom stereocenters. The van der Waals surface area contributed by atoms with Gasteiger partial charge in [-0.2, -0.15) is 0 Å². The lowest BCUT2D eigenvalue weighted by Crippen LogP contribution is -2.12. The highest BCUT2D eigenvalue weighted by molar-refractivity contribution is 5.83. The molecule has 0 spiro atoms. The summed E-state index contributed by atoms with van der Waals surface area (Å²) in [6.45, 7) is -0.117. The quantitative estimate of drug-likeness (QED) is 0.620. The number of aliphatic imine (C=N–C) groups is 1. The third kappa shape index (κ3) is 3.69. The first-order valence-electron chi connectivity index (χ1n) is 4.80. The van der Waals surface area contributed by atoms with Gasteiger partial charge < -0.3 is 15.3 Å². The fourth-order valence-corrected chi connectivity index (χ4v) is 1.14. The van der Waals surface area contributed by atoms with E-state index in [1.807, 2.05) is 0 Å². The molecule has 0 radical (unpaired) electrons. The highest BCUT2D eigenvalue weighted by Crippen LogP contribution is 2.13. The van der Waals surface area contributed by atoms with E-state index < -0.39 is 0 Å². The molecule has 1 aromatic carbocycles.